The lowest BCUT2D eigenvalue weighted by Crippen LogP contribution is -2.42. The van der Waals surface area contributed by atoms with Gasteiger partial charge in [0.1, 0.15) is 0 Å². The fourth-order valence-electron chi connectivity index (χ4n) is 3.82. The zero-order valence-electron chi connectivity index (χ0n) is 13.7. The molecule has 0 bridgehead atoms. The highest BCUT2D eigenvalue weighted by atomic mass is 19.4. The second kappa shape index (κ2) is 5.76. The Bertz CT molecular complexity index is 612. The smallest absolute Gasteiger partial charge is 0.390 e. The van der Waals surface area contributed by atoms with Crippen LogP contribution in [0.15, 0.2) is 24.3 Å². The minimum Gasteiger partial charge on any atom is -0.390 e. The molecule has 2 fully saturated rings. The SMILES string of the molecule is C[C@]1(O)CC[C@]2(CCN(c3ccc(CC(F)(F)F)cc3)C2=O)CC1. The molecule has 1 heterocycles. The first kappa shape index (κ1) is 17.3. The molecule has 1 spiro atoms. The van der Waals surface area contributed by atoms with Gasteiger partial charge >= 0.3 is 6.18 Å². The van der Waals surface area contributed by atoms with Gasteiger partial charge in [0, 0.05) is 12.2 Å². The molecule has 1 amide bonds. The third kappa shape index (κ3) is 3.43. The highest BCUT2D eigenvalue weighted by Gasteiger charge is 2.50. The fraction of sp³-hybridized carbons (Fsp3) is 0.611. The summed E-state index contributed by atoms with van der Waals surface area (Å²) in [5, 5.41) is 10.1. The van der Waals surface area contributed by atoms with Crippen molar-refractivity contribution in [2.75, 3.05) is 11.4 Å². The van der Waals surface area contributed by atoms with Crippen LogP contribution in [0.4, 0.5) is 18.9 Å². The van der Waals surface area contributed by atoms with E-state index >= 15 is 0 Å². The quantitative estimate of drug-likeness (QED) is 0.888. The lowest BCUT2D eigenvalue weighted by molar-refractivity contribution is -0.130. The van der Waals surface area contributed by atoms with E-state index in [-0.39, 0.29) is 11.5 Å². The average Bonchev–Trinajstić information content (AvgIpc) is 2.80. The number of aliphatic hydroxyl groups is 1. The van der Waals surface area contributed by atoms with E-state index in [1.165, 1.54) is 12.1 Å². The molecule has 1 N–H and O–H groups in total. The number of alkyl halides is 3. The first-order chi connectivity index (χ1) is 11.1. The van der Waals surface area contributed by atoms with Crippen molar-refractivity contribution in [1.82, 2.24) is 0 Å². The van der Waals surface area contributed by atoms with E-state index in [0.29, 0.717) is 37.9 Å². The molecule has 6 heteroatoms. The van der Waals surface area contributed by atoms with Crippen LogP contribution in [-0.4, -0.2) is 29.3 Å². The van der Waals surface area contributed by atoms with Crippen LogP contribution in [0.5, 0.6) is 0 Å². The summed E-state index contributed by atoms with van der Waals surface area (Å²) in [6.45, 7) is 2.38. The predicted molar refractivity (Wildman–Crippen MR) is 84.7 cm³/mol. The second-order valence-corrected chi connectivity index (χ2v) is 7.44. The summed E-state index contributed by atoms with van der Waals surface area (Å²) in [4.78, 5) is 14.5. The first-order valence-corrected chi connectivity index (χ1v) is 8.30. The molecule has 0 atom stereocenters. The van der Waals surface area contributed by atoms with Gasteiger partial charge in [-0.1, -0.05) is 12.1 Å². The van der Waals surface area contributed by atoms with Crippen LogP contribution >= 0.6 is 0 Å². The first-order valence-electron chi connectivity index (χ1n) is 8.30. The number of amides is 1. The van der Waals surface area contributed by atoms with Gasteiger partial charge in [-0.3, -0.25) is 4.79 Å². The van der Waals surface area contributed by atoms with E-state index in [9.17, 15) is 23.1 Å². The summed E-state index contributed by atoms with van der Waals surface area (Å²) in [5.41, 5.74) is -0.258. The van der Waals surface area contributed by atoms with Crippen LogP contribution in [0.3, 0.4) is 0 Å². The number of rotatable bonds is 2. The third-order valence-corrected chi connectivity index (χ3v) is 5.45. The van der Waals surface area contributed by atoms with E-state index in [2.05, 4.69) is 0 Å². The molecule has 132 valence electrons. The standard InChI is InChI=1S/C18H22F3NO2/c1-16(24)6-8-17(9-7-16)10-11-22(15(17)23)14-4-2-13(3-5-14)12-18(19,20)21/h2-5,24H,6-12H2,1H3/t16-,17+. The van der Waals surface area contributed by atoms with Gasteiger partial charge in [-0.05, 0) is 56.7 Å². The molecule has 1 saturated heterocycles. The fourth-order valence-corrected chi connectivity index (χ4v) is 3.82. The zero-order valence-corrected chi connectivity index (χ0v) is 13.7. The predicted octanol–water partition coefficient (Wildman–Crippen LogP) is 3.84. The van der Waals surface area contributed by atoms with Crippen LogP contribution in [0.1, 0.15) is 44.6 Å². The molecule has 2 aliphatic rings. The Morgan fingerprint density at radius 1 is 1.08 bits per heavy atom. The summed E-state index contributed by atoms with van der Waals surface area (Å²) in [5.74, 6) is 0.0431. The van der Waals surface area contributed by atoms with E-state index < -0.39 is 23.6 Å². The number of hydrogen-bond acceptors (Lipinski definition) is 2. The lowest BCUT2D eigenvalue weighted by atomic mass is 9.68. The molecule has 0 aromatic heterocycles. The number of carbonyl (C=O) groups is 1. The number of hydrogen-bond donors (Lipinski definition) is 1. The van der Waals surface area contributed by atoms with Gasteiger partial charge in [-0.25, -0.2) is 0 Å². The number of halogens is 3. The molecule has 3 nitrogen and oxygen atoms in total. The van der Waals surface area contributed by atoms with Gasteiger partial charge in [0.15, 0.2) is 0 Å². The maximum absolute atomic E-state index is 12.9. The van der Waals surface area contributed by atoms with Gasteiger partial charge in [-0.15, -0.1) is 0 Å². The minimum atomic E-state index is -4.23. The van der Waals surface area contributed by atoms with Crippen LogP contribution in [0, 0.1) is 5.41 Å². The topological polar surface area (TPSA) is 40.5 Å². The van der Waals surface area contributed by atoms with E-state index in [1.807, 2.05) is 0 Å². The van der Waals surface area contributed by atoms with Crippen molar-refractivity contribution >= 4 is 11.6 Å². The maximum atomic E-state index is 12.9. The normalized spacial score (nSPS) is 31.0. The summed E-state index contributed by atoms with van der Waals surface area (Å²) in [6, 6.07) is 6.06. The molecule has 1 aliphatic carbocycles. The molecular weight excluding hydrogens is 319 g/mol. The molecule has 1 aromatic carbocycles. The van der Waals surface area contributed by atoms with E-state index in [4.69, 9.17) is 0 Å². The van der Waals surface area contributed by atoms with Gasteiger partial charge in [0.2, 0.25) is 5.91 Å². The van der Waals surface area contributed by atoms with E-state index in [0.717, 1.165) is 6.42 Å². The zero-order chi connectivity index (χ0) is 17.6. The van der Waals surface area contributed by atoms with Crippen molar-refractivity contribution in [2.24, 2.45) is 5.41 Å². The molecule has 0 unspecified atom stereocenters. The maximum Gasteiger partial charge on any atom is 0.393 e. The number of benzene rings is 1. The highest BCUT2D eigenvalue weighted by Crippen LogP contribution is 2.48. The van der Waals surface area contributed by atoms with E-state index in [1.54, 1.807) is 24.0 Å². The van der Waals surface area contributed by atoms with Gasteiger partial charge in [0.05, 0.1) is 17.4 Å². The van der Waals surface area contributed by atoms with Crippen molar-refractivity contribution in [1.29, 1.82) is 0 Å². The third-order valence-electron chi connectivity index (χ3n) is 5.45. The molecule has 3 rings (SSSR count). The van der Waals surface area contributed by atoms with Gasteiger partial charge in [-0.2, -0.15) is 13.2 Å². The summed E-state index contributed by atoms with van der Waals surface area (Å²) < 4.78 is 37.3. The second-order valence-electron chi connectivity index (χ2n) is 7.44. The van der Waals surface area contributed by atoms with Crippen LogP contribution < -0.4 is 4.90 Å². The van der Waals surface area contributed by atoms with Gasteiger partial charge < -0.3 is 10.0 Å². The Labute approximate surface area is 139 Å². The van der Waals surface area contributed by atoms with Crippen molar-refractivity contribution < 1.29 is 23.1 Å². The molecule has 0 radical (unpaired) electrons. The van der Waals surface area contributed by atoms with Gasteiger partial charge in [0.25, 0.3) is 0 Å². The Balaban J connectivity index is 1.72. The lowest BCUT2D eigenvalue weighted by Gasteiger charge is -2.39. The van der Waals surface area contributed by atoms with Crippen LogP contribution in [0.25, 0.3) is 0 Å². The largest absolute Gasteiger partial charge is 0.393 e. The van der Waals surface area contributed by atoms with Crippen molar-refractivity contribution in [3.8, 4) is 0 Å². The van der Waals surface area contributed by atoms with Crippen molar-refractivity contribution in [2.45, 2.75) is 57.2 Å². The Morgan fingerprint density at radius 2 is 1.67 bits per heavy atom. The van der Waals surface area contributed by atoms with Crippen molar-refractivity contribution in [3.63, 3.8) is 0 Å². The number of nitrogens with zero attached hydrogens (tertiary/aromatic N) is 1. The Morgan fingerprint density at radius 3 is 2.21 bits per heavy atom. The summed E-state index contributed by atoms with van der Waals surface area (Å²) in [7, 11) is 0. The highest BCUT2D eigenvalue weighted by molar-refractivity contribution is 6.00. The molecule has 1 aliphatic heterocycles. The molecule has 24 heavy (non-hydrogen) atoms. The summed E-state index contributed by atoms with van der Waals surface area (Å²) in [6.07, 6.45) is -1.89. The van der Waals surface area contributed by atoms with Crippen LogP contribution in [0.2, 0.25) is 0 Å². The molecular formula is C18H22F3NO2. The van der Waals surface area contributed by atoms with Crippen molar-refractivity contribution in [3.05, 3.63) is 29.8 Å². The minimum absolute atomic E-state index is 0.0431. The Hall–Kier alpha value is -1.56. The van der Waals surface area contributed by atoms with Crippen LogP contribution in [-0.2, 0) is 11.2 Å². The number of carbonyl (C=O) groups excluding carboxylic acids is 1. The average molecular weight is 341 g/mol. The Kier molecular flexibility index (Phi) is 4.14. The molecule has 1 saturated carbocycles. The summed E-state index contributed by atoms with van der Waals surface area (Å²) >= 11 is 0. The molecule has 1 aromatic rings. The monoisotopic (exact) mass is 341 g/mol. The number of anilines is 1.